The van der Waals surface area contributed by atoms with E-state index in [1.54, 1.807) is 0 Å². The lowest BCUT2D eigenvalue weighted by Gasteiger charge is -2.26. The Morgan fingerprint density at radius 2 is 1.91 bits per heavy atom. The van der Waals surface area contributed by atoms with E-state index in [1.807, 2.05) is 0 Å². The third-order valence-electron chi connectivity index (χ3n) is 3.17. The van der Waals surface area contributed by atoms with Crippen LogP contribution in [0.1, 0.15) is 12.0 Å². The molecule has 0 spiro atoms. The molecule has 0 aliphatic carbocycles. The summed E-state index contributed by atoms with van der Waals surface area (Å²) in [6.07, 6.45) is -3.10. The van der Waals surface area contributed by atoms with E-state index in [-0.39, 0.29) is 13.0 Å². The van der Waals surface area contributed by atoms with Crippen molar-refractivity contribution in [3.8, 4) is 0 Å². The number of benzene rings is 1. The Kier molecular flexibility index (Phi) is 6.15. The minimum atomic E-state index is -3.44. The molecule has 0 heterocycles. The van der Waals surface area contributed by atoms with Crippen LogP contribution in [-0.2, 0) is 20.7 Å². The first-order valence-corrected chi connectivity index (χ1v) is 6.38. The van der Waals surface area contributed by atoms with Gasteiger partial charge < -0.3 is 9.84 Å². The number of carboxylic acid groups (broad SMARTS) is 1. The van der Waals surface area contributed by atoms with Gasteiger partial charge in [-0.25, -0.2) is 13.2 Å². The average Bonchev–Trinajstić information content (AvgIpc) is 2.46. The summed E-state index contributed by atoms with van der Waals surface area (Å²) in [7, 11) is 0. The van der Waals surface area contributed by atoms with Gasteiger partial charge in [0.15, 0.2) is 0 Å². The number of halogens is 3. The van der Waals surface area contributed by atoms with Gasteiger partial charge in [-0.05, 0) is 30.5 Å². The molecule has 1 aromatic rings. The molecule has 7 heteroatoms. The quantitative estimate of drug-likeness (QED) is 0.455. The first-order chi connectivity index (χ1) is 10.3. The van der Waals surface area contributed by atoms with E-state index in [4.69, 9.17) is 5.11 Å². The van der Waals surface area contributed by atoms with Gasteiger partial charge >= 0.3 is 11.9 Å². The molecule has 4 nitrogen and oxygen atoms in total. The van der Waals surface area contributed by atoms with Crippen LogP contribution in [0.2, 0.25) is 0 Å². The topological polar surface area (TPSA) is 63.6 Å². The number of carbonyl (C=O) groups is 2. The summed E-state index contributed by atoms with van der Waals surface area (Å²) in [5, 5.41) is 9.12. The number of hydrogen-bond donors (Lipinski definition) is 1. The fraction of sp³-hybridized carbons (Fsp3) is 0.333. The maximum atomic E-state index is 13.3. The minimum absolute atomic E-state index is 0.139. The molecule has 0 radical (unpaired) electrons. The van der Waals surface area contributed by atoms with E-state index >= 15 is 0 Å². The van der Waals surface area contributed by atoms with Gasteiger partial charge in [0.1, 0.15) is 12.4 Å². The molecule has 0 aliphatic heterocycles. The third kappa shape index (κ3) is 3.87. The summed E-state index contributed by atoms with van der Waals surface area (Å²) in [4.78, 5) is 23.1. The maximum absolute atomic E-state index is 13.3. The van der Waals surface area contributed by atoms with Gasteiger partial charge in [0, 0.05) is 0 Å². The molecule has 0 fully saturated rings. The smallest absolute Gasteiger partial charge is 0.329 e. The van der Waals surface area contributed by atoms with Gasteiger partial charge in [-0.2, -0.15) is 0 Å². The van der Waals surface area contributed by atoms with E-state index in [2.05, 4.69) is 11.3 Å². The molecule has 0 saturated heterocycles. The highest BCUT2D eigenvalue weighted by Gasteiger charge is 2.55. The van der Waals surface area contributed by atoms with Crippen molar-refractivity contribution in [1.82, 2.24) is 0 Å². The van der Waals surface area contributed by atoms with Crippen molar-refractivity contribution >= 4 is 11.9 Å². The first kappa shape index (κ1) is 17.7. The van der Waals surface area contributed by atoms with E-state index in [1.165, 1.54) is 12.1 Å². The van der Waals surface area contributed by atoms with Gasteiger partial charge in [0.2, 0.25) is 5.41 Å². The molecule has 1 rings (SSSR count). The van der Waals surface area contributed by atoms with E-state index in [9.17, 15) is 22.8 Å². The van der Waals surface area contributed by atoms with Crippen LogP contribution in [0.5, 0.6) is 0 Å². The van der Waals surface area contributed by atoms with E-state index in [0.717, 1.165) is 18.2 Å². The van der Waals surface area contributed by atoms with E-state index < -0.39 is 36.0 Å². The van der Waals surface area contributed by atoms with Gasteiger partial charge in [0.25, 0.3) is 6.43 Å². The second-order valence-corrected chi connectivity index (χ2v) is 4.59. The Morgan fingerprint density at radius 3 is 2.36 bits per heavy atom. The molecule has 1 aromatic carbocycles. The number of rotatable bonds is 8. The van der Waals surface area contributed by atoms with Crippen molar-refractivity contribution in [3.63, 3.8) is 0 Å². The van der Waals surface area contributed by atoms with Crippen molar-refractivity contribution in [2.75, 3.05) is 6.61 Å². The molecular weight excluding hydrogens is 301 g/mol. The predicted octanol–water partition coefficient (Wildman–Crippen LogP) is 2.82. The molecule has 0 aliphatic rings. The van der Waals surface area contributed by atoms with Crippen molar-refractivity contribution in [1.29, 1.82) is 0 Å². The van der Waals surface area contributed by atoms with Gasteiger partial charge in [-0.15, -0.1) is 0 Å². The van der Waals surface area contributed by atoms with Crippen LogP contribution in [0, 0.1) is 11.2 Å². The van der Waals surface area contributed by atoms with Crippen LogP contribution in [0.15, 0.2) is 36.9 Å². The second-order valence-electron chi connectivity index (χ2n) is 4.59. The Labute approximate surface area is 125 Å². The molecule has 1 N–H and O–H groups in total. The number of alkyl halides is 2. The lowest BCUT2D eigenvalue weighted by Crippen LogP contribution is -2.47. The summed E-state index contributed by atoms with van der Waals surface area (Å²) in [6, 6.07) is 4.91. The van der Waals surface area contributed by atoms with Crippen LogP contribution in [0.4, 0.5) is 13.2 Å². The highest BCUT2D eigenvalue weighted by molar-refractivity contribution is 5.99. The Morgan fingerprint density at radius 1 is 1.32 bits per heavy atom. The molecular formula is C15H15F3O4. The fourth-order valence-corrected chi connectivity index (χ4v) is 1.84. The zero-order valence-corrected chi connectivity index (χ0v) is 11.6. The molecule has 1 unspecified atom stereocenters. The highest BCUT2D eigenvalue weighted by atomic mass is 19.3. The normalized spacial score (nSPS) is 13.5. The number of aliphatic carboxylic acids is 1. The number of aryl methyl sites for hydroxylation is 1. The average molecular weight is 316 g/mol. The Bertz CT molecular complexity index is 542. The predicted molar refractivity (Wildman–Crippen MR) is 71.9 cm³/mol. The summed E-state index contributed by atoms with van der Waals surface area (Å²) < 4.78 is 43.9. The zero-order chi connectivity index (χ0) is 16.8. The van der Waals surface area contributed by atoms with Crippen LogP contribution < -0.4 is 0 Å². The van der Waals surface area contributed by atoms with Crippen molar-refractivity contribution in [2.24, 2.45) is 5.41 Å². The van der Waals surface area contributed by atoms with E-state index in [0.29, 0.717) is 5.56 Å². The molecule has 22 heavy (non-hydrogen) atoms. The van der Waals surface area contributed by atoms with Crippen LogP contribution in [-0.4, -0.2) is 30.1 Å². The third-order valence-corrected chi connectivity index (χ3v) is 3.17. The lowest BCUT2D eigenvalue weighted by atomic mass is 9.82. The van der Waals surface area contributed by atoms with Crippen LogP contribution >= 0.6 is 0 Å². The summed E-state index contributed by atoms with van der Waals surface area (Å²) >= 11 is 0. The maximum Gasteiger partial charge on any atom is 0.329 e. The van der Waals surface area contributed by atoms with Gasteiger partial charge in [-0.1, -0.05) is 24.8 Å². The molecule has 0 amide bonds. The number of esters is 1. The first-order valence-electron chi connectivity index (χ1n) is 6.38. The Balaban J connectivity index is 2.98. The summed E-state index contributed by atoms with van der Waals surface area (Å²) in [6.45, 7) is 2.89. The number of carboxylic acids is 1. The number of ether oxygens (including phenoxy) is 1. The monoisotopic (exact) mass is 316 g/mol. The Hall–Kier alpha value is -2.31. The number of carbonyl (C=O) groups excluding carboxylic acids is 1. The van der Waals surface area contributed by atoms with Gasteiger partial charge in [0.05, 0.1) is 0 Å². The SMILES string of the molecule is C=CCOC(=O)C(CCc1ccc(F)cc1)(C(=O)O)C(F)F. The molecule has 0 saturated carbocycles. The van der Waals surface area contributed by atoms with Crippen molar-refractivity contribution in [2.45, 2.75) is 19.3 Å². The van der Waals surface area contributed by atoms with Crippen molar-refractivity contribution in [3.05, 3.63) is 48.3 Å². The lowest BCUT2D eigenvalue weighted by molar-refractivity contribution is -0.181. The fourth-order valence-electron chi connectivity index (χ4n) is 1.84. The molecule has 0 bridgehead atoms. The largest absolute Gasteiger partial charge is 0.480 e. The minimum Gasteiger partial charge on any atom is -0.480 e. The zero-order valence-electron chi connectivity index (χ0n) is 11.6. The summed E-state index contributed by atoms with van der Waals surface area (Å²) in [5.41, 5.74) is -2.53. The highest BCUT2D eigenvalue weighted by Crippen LogP contribution is 2.34. The van der Waals surface area contributed by atoms with Gasteiger partial charge in [-0.3, -0.25) is 9.59 Å². The van der Waals surface area contributed by atoms with Crippen LogP contribution in [0.25, 0.3) is 0 Å². The standard InChI is InChI=1S/C15H15F3O4/c1-2-9-22-14(21)15(12(17)18,13(19)20)8-7-10-3-5-11(16)6-4-10/h2-6,12H,1,7-9H2,(H,19,20). The summed E-state index contributed by atoms with van der Waals surface area (Å²) in [5.74, 6) is -3.98. The van der Waals surface area contributed by atoms with Crippen molar-refractivity contribution < 1.29 is 32.6 Å². The molecule has 120 valence electrons. The second kappa shape index (κ2) is 7.63. The molecule has 0 aromatic heterocycles. The molecule has 1 atom stereocenters. The number of hydrogen-bond acceptors (Lipinski definition) is 3. The van der Waals surface area contributed by atoms with Crippen LogP contribution in [0.3, 0.4) is 0 Å².